The first-order valence-corrected chi connectivity index (χ1v) is 8.00. The van der Waals surface area contributed by atoms with Crippen molar-refractivity contribution in [1.29, 1.82) is 0 Å². The van der Waals surface area contributed by atoms with Crippen molar-refractivity contribution in [1.82, 2.24) is 0 Å². The van der Waals surface area contributed by atoms with E-state index in [-0.39, 0.29) is 30.7 Å². The number of carbonyl (C=O) groups is 1. The number of Topliss-reactive ketones (excluding diaryl/α,β-unsaturated/α-hetero) is 1. The lowest BCUT2D eigenvalue weighted by Crippen LogP contribution is -2.47. The highest BCUT2D eigenvalue weighted by Crippen LogP contribution is 2.46. The highest BCUT2D eigenvalue weighted by molar-refractivity contribution is 5.87. The Balaban J connectivity index is 2.02. The quantitative estimate of drug-likeness (QED) is 0.807. The molecule has 0 heterocycles. The van der Waals surface area contributed by atoms with Gasteiger partial charge >= 0.3 is 0 Å². The van der Waals surface area contributed by atoms with Crippen LogP contribution in [0.2, 0.25) is 0 Å². The van der Waals surface area contributed by atoms with Gasteiger partial charge in [-0.25, -0.2) is 0 Å². The predicted octanol–water partition coefficient (Wildman–Crippen LogP) is 1.78. The molecule has 0 spiro atoms. The zero-order valence-corrected chi connectivity index (χ0v) is 12.6. The van der Waals surface area contributed by atoms with Crippen LogP contribution >= 0.6 is 0 Å². The number of fused-ring (bicyclic) bond motifs is 1. The molecule has 0 radical (unpaired) electrons. The number of rotatable bonds is 5. The predicted molar refractivity (Wildman–Crippen MR) is 76.2 cm³/mol. The maximum absolute atomic E-state index is 11.9. The summed E-state index contributed by atoms with van der Waals surface area (Å²) in [5, 5.41) is 19.1. The van der Waals surface area contributed by atoms with Crippen molar-refractivity contribution in [3.05, 3.63) is 0 Å². The van der Waals surface area contributed by atoms with Crippen molar-refractivity contribution in [2.75, 3.05) is 13.2 Å². The van der Waals surface area contributed by atoms with E-state index in [9.17, 15) is 9.90 Å². The molecule has 2 fully saturated rings. The van der Waals surface area contributed by atoms with Crippen LogP contribution in [-0.4, -0.2) is 41.4 Å². The number of hydrogen-bond donors (Lipinski definition) is 2. The van der Waals surface area contributed by atoms with Gasteiger partial charge in [-0.3, -0.25) is 4.79 Å². The van der Waals surface area contributed by atoms with E-state index in [0.717, 1.165) is 25.7 Å². The van der Waals surface area contributed by atoms with Crippen LogP contribution in [0.3, 0.4) is 0 Å². The molecule has 0 aliphatic heterocycles. The smallest absolute Gasteiger partial charge is 0.136 e. The average Bonchev–Trinajstić information content (AvgIpc) is 2.40. The molecule has 0 saturated heterocycles. The molecule has 6 unspecified atom stereocenters. The maximum atomic E-state index is 11.9. The number of ether oxygens (including phenoxy) is 1. The number of ketones is 1. The van der Waals surface area contributed by atoms with Crippen molar-refractivity contribution in [2.45, 2.75) is 58.2 Å². The van der Waals surface area contributed by atoms with E-state index in [4.69, 9.17) is 9.84 Å². The molecule has 0 bridgehead atoms. The summed E-state index contributed by atoms with van der Waals surface area (Å²) in [4.78, 5) is 11.9. The van der Waals surface area contributed by atoms with Gasteiger partial charge in [-0.2, -0.15) is 0 Å². The van der Waals surface area contributed by atoms with Gasteiger partial charge < -0.3 is 14.9 Å². The normalized spacial score (nSPS) is 39.4. The molecular weight excluding hydrogens is 256 g/mol. The molecule has 0 aromatic heterocycles. The minimum absolute atomic E-state index is 0.0298. The summed E-state index contributed by atoms with van der Waals surface area (Å²) in [5.41, 5.74) is 0. The van der Waals surface area contributed by atoms with Crippen molar-refractivity contribution in [3.8, 4) is 0 Å². The molecule has 116 valence electrons. The van der Waals surface area contributed by atoms with Gasteiger partial charge in [-0.1, -0.05) is 13.3 Å². The molecule has 0 amide bonds. The lowest BCUT2D eigenvalue weighted by atomic mass is 9.59. The second kappa shape index (κ2) is 7.01. The van der Waals surface area contributed by atoms with E-state index in [1.165, 1.54) is 0 Å². The van der Waals surface area contributed by atoms with Crippen molar-refractivity contribution in [3.63, 3.8) is 0 Å². The topological polar surface area (TPSA) is 66.8 Å². The Kier molecular flexibility index (Phi) is 5.58. The van der Waals surface area contributed by atoms with Gasteiger partial charge in [0.05, 0.1) is 25.4 Å². The number of aliphatic hydroxyl groups excluding tert-OH is 2. The zero-order valence-electron chi connectivity index (χ0n) is 12.6. The van der Waals surface area contributed by atoms with Gasteiger partial charge in [0.1, 0.15) is 5.78 Å². The Morgan fingerprint density at radius 2 is 2.10 bits per heavy atom. The number of hydrogen-bond acceptors (Lipinski definition) is 4. The summed E-state index contributed by atoms with van der Waals surface area (Å²) in [7, 11) is 0. The lowest BCUT2D eigenvalue weighted by molar-refractivity contribution is -0.142. The molecule has 2 saturated carbocycles. The summed E-state index contributed by atoms with van der Waals surface area (Å²) in [6.45, 7) is 4.51. The Bertz CT molecular complexity index is 330. The third kappa shape index (κ3) is 3.41. The van der Waals surface area contributed by atoms with E-state index in [2.05, 4.69) is 6.92 Å². The summed E-state index contributed by atoms with van der Waals surface area (Å²) in [6, 6.07) is 0. The Morgan fingerprint density at radius 3 is 2.70 bits per heavy atom. The highest BCUT2D eigenvalue weighted by atomic mass is 16.5. The van der Waals surface area contributed by atoms with Crippen LogP contribution in [0, 0.1) is 23.7 Å². The fourth-order valence-corrected chi connectivity index (χ4v) is 4.11. The van der Waals surface area contributed by atoms with Crippen molar-refractivity contribution in [2.24, 2.45) is 23.7 Å². The van der Waals surface area contributed by atoms with Crippen molar-refractivity contribution >= 4 is 5.78 Å². The van der Waals surface area contributed by atoms with E-state index in [1.54, 1.807) is 0 Å². The fourth-order valence-electron chi connectivity index (χ4n) is 4.11. The maximum Gasteiger partial charge on any atom is 0.136 e. The molecule has 0 aromatic carbocycles. The summed E-state index contributed by atoms with van der Waals surface area (Å²) >= 11 is 0. The SMILES string of the molecule is CCC1CC(O)CC(C(C)OCCO)CC2CC(=O)C12. The molecule has 20 heavy (non-hydrogen) atoms. The molecule has 0 aromatic rings. The average molecular weight is 284 g/mol. The van der Waals surface area contributed by atoms with Crippen LogP contribution in [0.5, 0.6) is 0 Å². The fraction of sp³-hybridized carbons (Fsp3) is 0.938. The molecule has 2 aliphatic rings. The number of carbonyl (C=O) groups excluding carboxylic acids is 1. The van der Waals surface area contributed by atoms with Gasteiger partial charge in [0, 0.05) is 12.3 Å². The zero-order chi connectivity index (χ0) is 14.7. The van der Waals surface area contributed by atoms with Crippen LogP contribution in [0.1, 0.15) is 46.0 Å². The molecule has 4 nitrogen and oxygen atoms in total. The van der Waals surface area contributed by atoms with E-state index in [0.29, 0.717) is 30.6 Å². The van der Waals surface area contributed by atoms with Crippen LogP contribution in [0.4, 0.5) is 0 Å². The summed E-state index contributed by atoms with van der Waals surface area (Å²) in [5.74, 6) is 1.67. The Labute approximate surface area is 121 Å². The molecule has 2 rings (SSSR count). The van der Waals surface area contributed by atoms with Crippen LogP contribution in [-0.2, 0) is 9.53 Å². The second-order valence-electron chi connectivity index (χ2n) is 6.55. The first kappa shape index (κ1) is 15.9. The van der Waals surface area contributed by atoms with Gasteiger partial charge in [-0.15, -0.1) is 0 Å². The summed E-state index contributed by atoms with van der Waals surface area (Å²) in [6.07, 6.45) is 3.85. The van der Waals surface area contributed by atoms with Crippen LogP contribution < -0.4 is 0 Å². The van der Waals surface area contributed by atoms with Crippen molar-refractivity contribution < 1.29 is 19.7 Å². The monoisotopic (exact) mass is 284 g/mol. The third-order valence-corrected chi connectivity index (χ3v) is 5.27. The molecule has 2 N–H and O–H groups in total. The van der Waals surface area contributed by atoms with Gasteiger partial charge in [-0.05, 0) is 43.9 Å². The van der Waals surface area contributed by atoms with Gasteiger partial charge in [0.25, 0.3) is 0 Å². The molecule has 6 atom stereocenters. The Morgan fingerprint density at radius 1 is 1.35 bits per heavy atom. The minimum atomic E-state index is -0.334. The van der Waals surface area contributed by atoms with Gasteiger partial charge in [0.15, 0.2) is 0 Å². The number of aliphatic hydroxyl groups is 2. The van der Waals surface area contributed by atoms with E-state index < -0.39 is 0 Å². The lowest BCUT2D eigenvalue weighted by Gasteiger charge is -2.45. The first-order valence-electron chi connectivity index (χ1n) is 8.00. The summed E-state index contributed by atoms with van der Waals surface area (Å²) < 4.78 is 5.62. The Hall–Kier alpha value is -0.450. The molecule has 4 heteroatoms. The van der Waals surface area contributed by atoms with Crippen LogP contribution in [0.15, 0.2) is 0 Å². The van der Waals surface area contributed by atoms with Crippen LogP contribution in [0.25, 0.3) is 0 Å². The third-order valence-electron chi connectivity index (χ3n) is 5.27. The standard InChI is InChI=1S/C16H28O4/c1-3-11-7-14(18)8-12(10(2)20-5-4-17)6-13-9-15(19)16(11)13/h10-14,16-18H,3-9H2,1-2H3. The minimum Gasteiger partial charge on any atom is -0.394 e. The molecule has 2 aliphatic carbocycles. The van der Waals surface area contributed by atoms with E-state index in [1.807, 2.05) is 6.92 Å². The van der Waals surface area contributed by atoms with Gasteiger partial charge in [0.2, 0.25) is 0 Å². The first-order chi connectivity index (χ1) is 9.56. The van der Waals surface area contributed by atoms with E-state index >= 15 is 0 Å². The highest BCUT2D eigenvalue weighted by Gasteiger charge is 2.47. The molecular formula is C16H28O4. The second-order valence-corrected chi connectivity index (χ2v) is 6.55. The largest absolute Gasteiger partial charge is 0.394 e.